The van der Waals surface area contributed by atoms with Crippen molar-refractivity contribution < 1.29 is 14.3 Å². The minimum Gasteiger partial charge on any atom is -0.459 e. The summed E-state index contributed by atoms with van der Waals surface area (Å²) in [6.45, 7) is 11.3. The summed E-state index contributed by atoms with van der Waals surface area (Å²) >= 11 is 1.50. The number of nitrogens with zero attached hydrogens (tertiary/aromatic N) is 3. The molecule has 1 amide bonds. The Labute approximate surface area is 212 Å². The third kappa shape index (κ3) is 6.16. The van der Waals surface area contributed by atoms with E-state index in [9.17, 15) is 9.59 Å². The summed E-state index contributed by atoms with van der Waals surface area (Å²) in [7, 11) is 0. The first kappa shape index (κ1) is 25.5. The number of carbonyl (C=O) groups is 2. The van der Waals surface area contributed by atoms with Crippen molar-refractivity contribution in [2.75, 3.05) is 26.2 Å². The van der Waals surface area contributed by atoms with Crippen molar-refractivity contribution in [1.82, 2.24) is 15.1 Å². The summed E-state index contributed by atoms with van der Waals surface area (Å²) in [5.41, 5.74) is 4.10. The van der Waals surface area contributed by atoms with E-state index < -0.39 is 6.04 Å². The lowest BCUT2D eigenvalue weighted by Gasteiger charge is -2.36. The van der Waals surface area contributed by atoms with Gasteiger partial charge in [0.15, 0.2) is 5.17 Å². The second kappa shape index (κ2) is 11.4. The first-order valence-corrected chi connectivity index (χ1v) is 13.4. The van der Waals surface area contributed by atoms with Crippen LogP contribution in [0.15, 0.2) is 51.6 Å². The highest BCUT2D eigenvalue weighted by atomic mass is 32.2. The average molecular weight is 497 g/mol. The molecule has 1 fully saturated rings. The van der Waals surface area contributed by atoms with Gasteiger partial charge in [-0.25, -0.2) is 9.79 Å². The summed E-state index contributed by atoms with van der Waals surface area (Å²) in [5, 5.41) is 5.85. The highest BCUT2D eigenvalue weighted by molar-refractivity contribution is 8.16. The zero-order valence-corrected chi connectivity index (χ0v) is 22.0. The van der Waals surface area contributed by atoms with Crippen molar-refractivity contribution in [2.24, 2.45) is 4.99 Å². The summed E-state index contributed by atoms with van der Waals surface area (Å²) < 4.78 is 5.61. The lowest BCUT2D eigenvalue weighted by Crippen LogP contribution is -2.40. The molecule has 1 aromatic carbocycles. The molecule has 3 heterocycles. The molecule has 1 saturated heterocycles. The third-order valence-corrected chi connectivity index (χ3v) is 7.35. The van der Waals surface area contributed by atoms with Gasteiger partial charge in [0.1, 0.15) is 0 Å². The number of hydrogen-bond donors (Lipinski definition) is 1. The normalized spacial score (nSPS) is 20.5. The number of piperidine rings is 1. The smallest absolute Gasteiger partial charge is 0.338 e. The van der Waals surface area contributed by atoms with Crippen LogP contribution in [-0.2, 0) is 14.3 Å². The molecule has 0 bridgehead atoms. The lowest BCUT2D eigenvalue weighted by atomic mass is 9.93. The molecule has 8 heteroatoms. The van der Waals surface area contributed by atoms with E-state index in [0.717, 1.165) is 41.6 Å². The molecule has 1 unspecified atom stereocenters. The van der Waals surface area contributed by atoms with Gasteiger partial charge in [0, 0.05) is 18.8 Å². The fourth-order valence-corrected chi connectivity index (χ4v) is 5.79. The number of fused-ring (bicyclic) bond motifs is 1. The number of hydrogen-bond acceptors (Lipinski definition) is 7. The van der Waals surface area contributed by atoms with E-state index >= 15 is 0 Å². The van der Waals surface area contributed by atoms with Gasteiger partial charge >= 0.3 is 5.97 Å². The number of carbonyl (C=O) groups excluding carboxylic acids is 2. The Morgan fingerprint density at radius 3 is 2.69 bits per heavy atom. The van der Waals surface area contributed by atoms with Gasteiger partial charge in [0.05, 0.1) is 29.8 Å². The summed E-state index contributed by atoms with van der Waals surface area (Å²) in [6, 6.07) is 7.75. The number of benzene rings is 1. The van der Waals surface area contributed by atoms with Crippen LogP contribution < -0.4 is 5.32 Å². The second-order valence-electron chi connectivity index (χ2n) is 9.69. The number of allylic oxidation sites excluding steroid dienone is 1. The number of amidine groups is 1. The lowest BCUT2D eigenvalue weighted by molar-refractivity contribution is -0.143. The minimum atomic E-state index is -0.393. The van der Waals surface area contributed by atoms with Crippen molar-refractivity contribution in [2.45, 2.75) is 65.5 Å². The molecule has 7 nitrogen and oxygen atoms in total. The van der Waals surface area contributed by atoms with E-state index in [-0.39, 0.29) is 24.4 Å². The summed E-state index contributed by atoms with van der Waals surface area (Å²) in [6.07, 6.45) is 3.78. The third-order valence-electron chi connectivity index (χ3n) is 6.46. The van der Waals surface area contributed by atoms with E-state index in [4.69, 9.17) is 9.73 Å². The Morgan fingerprint density at radius 1 is 1.20 bits per heavy atom. The van der Waals surface area contributed by atoms with Crippen molar-refractivity contribution in [1.29, 1.82) is 0 Å². The van der Waals surface area contributed by atoms with Gasteiger partial charge in [-0.15, -0.1) is 0 Å². The van der Waals surface area contributed by atoms with Gasteiger partial charge in [0.2, 0.25) is 5.91 Å². The molecular weight excluding hydrogens is 460 g/mol. The van der Waals surface area contributed by atoms with Crippen LogP contribution in [0.3, 0.4) is 0 Å². The SMILES string of the molecule is CC1=C(C(=O)OC(C)C)C(c2cccc(C)c2)N2C(CC(=O)NCCN3CCCCC3)=CSC2=N1. The molecule has 0 radical (unpaired) electrons. The molecule has 4 rings (SSSR count). The molecule has 188 valence electrons. The number of likely N-dealkylation sites (tertiary alicyclic amines) is 1. The van der Waals surface area contributed by atoms with Gasteiger partial charge in [-0.2, -0.15) is 0 Å². The Balaban J connectivity index is 1.53. The minimum absolute atomic E-state index is 0.0179. The predicted molar refractivity (Wildman–Crippen MR) is 141 cm³/mol. The van der Waals surface area contributed by atoms with Crippen molar-refractivity contribution in [3.8, 4) is 0 Å². The Kier molecular flexibility index (Phi) is 8.34. The maximum Gasteiger partial charge on any atom is 0.338 e. The summed E-state index contributed by atoms with van der Waals surface area (Å²) in [4.78, 5) is 35.3. The van der Waals surface area contributed by atoms with E-state index in [1.54, 1.807) is 0 Å². The summed E-state index contributed by atoms with van der Waals surface area (Å²) in [5.74, 6) is -0.385. The number of aliphatic imine (C=N–C) groups is 1. The average Bonchev–Trinajstić information content (AvgIpc) is 3.20. The molecule has 1 N–H and O–H groups in total. The first-order chi connectivity index (χ1) is 16.8. The van der Waals surface area contributed by atoms with E-state index in [1.807, 2.05) is 56.2 Å². The van der Waals surface area contributed by atoms with Gasteiger partial charge < -0.3 is 19.9 Å². The quantitative estimate of drug-likeness (QED) is 0.534. The monoisotopic (exact) mass is 496 g/mol. The fourth-order valence-electron chi connectivity index (χ4n) is 4.83. The van der Waals surface area contributed by atoms with E-state index in [0.29, 0.717) is 17.8 Å². The van der Waals surface area contributed by atoms with Crippen LogP contribution in [0.25, 0.3) is 0 Å². The predicted octanol–water partition coefficient (Wildman–Crippen LogP) is 4.51. The van der Waals surface area contributed by atoms with Gasteiger partial charge in [-0.3, -0.25) is 4.79 Å². The Morgan fingerprint density at radius 2 is 1.97 bits per heavy atom. The van der Waals surface area contributed by atoms with Crippen LogP contribution in [0.1, 0.15) is 63.6 Å². The number of nitrogens with one attached hydrogen (secondary N) is 1. The number of ether oxygens (including phenoxy) is 1. The maximum absolute atomic E-state index is 13.2. The molecule has 1 aromatic rings. The van der Waals surface area contributed by atoms with Gasteiger partial charge in [-0.1, -0.05) is 48.0 Å². The first-order valence-electron chi connectivity index (χ1n) is 12.5. The van der Waals surface area contributed by atoms with Crippen molar-refractivity contribution in [3.63, 3.8) is 0 Å². The Hall–Kier alpha value is -2.58. The van der Waals surface area contributed by atoms with Crippen LogP contribution in [-0.4, -0.2) is 59.1 Å². The number of esters is 1. The molecule has 3 aliphatic rings. The number of thioether (sulfide) groups is 1. The zero-order valence-electron chi connectivity index (χ0n) is 21.2. The molecule has 3 aliphatic heterocycles. The topological polar surface area (TPSA) is 74.2 Å². The number of amides is 1. The highest BCUT2D eigenvalue weighted by Crippen LogP contribution is 2.45. The number of aryl methyl sites for hydroxylation is 1. The van der Waals surface area contributed by atoms with Crippen LogP contribution in [0.2, 0.25) is 0 Å². The number of rotatable bonds is 8. The van der Waals surface area contributed by atoms with Gasteiger partial charge in [-0.05, 0) is 64.6 Å². The second-order valence-corrected chi connectivity index (χ2v) is 10.5. The molecule has 35 heavy (non-hydrogen) atoms. The highest BCUT2D eigenvalue weighted by Gasteiger charge is 2.41. The molecule has 0 saturated carbocycles. The van der Waals surface area contributed by atoms with E-state index in [1.165, 1.54) is 31.0 Å². The van der Waals surface area contributed by atoms with Crippen LogP contribution in [0, 0.1) is 6.92 Å². The molecular formula is C27H36N4O3S. The van der Waals surface area contributed by atoms with Crippen LogP contribution in [0.5, 0.6) is 0 Å². The maximum atomic E-state index is 13.2. The van der Waals surface area contributed by atoms with Crippen LogP contribution in [0.4, 0.5) is 0 Å². The molecule has 0 spiro atoms. The molecule has 0 aliphatic carbocycles. The standard InChI is InChI=1S/C27H36N4O3S/c1-18(2)34-26(33)24-20(4)29-27-31(25(24)21-10-8-9-19(3)15-21)22(17-35-27)16-23(32)28-11-14-30-12-6-5-7-13-30/h8-10,15,17-18,25H,5-7,11-14,16H2,1-4H3,(H,28,32). The van der Waals surface area contributed by atoms with Crippen molar-refractivity contribution in [3.05, 3.63) is 57.8 Å². The van der Waals surface area contributed by atoms with Gasteiger partial charge in [0.25, 0.3) is 0 Å². The largest absolute Gasteiger partial charge is 0.459 e. The molecule has 0 aromatic heterocycles. The fraction of sp³-hybridized carbons (Fsp3) is 0.519. The van der Waals surface area contributed by atoms with Crippen molar-refractivity contribution >= 4 is 28.8 Å². The molecule has 1 atom stereocenters. The zero-order chi connectivity index (χ0) is 24.9. The Bertz CT molecular complexity index is 1060. The van der Waals surface area contributed by atoms with Crippen LogP contribution >= 0.6 is 11.8 Å². The van der Waals surface area contributed by atoms with E-state index in [2.05, 4.69) is 16.3 Å².